The fourth-order valence-electron chi connectivity index (χ4n) is 1.34. The maximum Gasteiger partial charge on any atom is 0.191 e. The molecule has 2 N–H and O–H groups in total. The quantitative estimate of drug-likeness (QED) is 0.342. The Balaban J connectivity index is 3.62. The van der Waals surface area contributed by atoms with Crippen molar-refractivity contribution in [2.75, 3.05) is 47.1 Å². The number of methoxy groups -OCH3 is 2. The predicted molar refractivity (Wildman–Crippen MR) is 71.6 cm³/mol. The van der Waals surface area contributed by atoms with Gasteiger partial charge < -0.3 is 20.1 Å². The van der Waals surface area contributed by atoms with Crippen molar-refractivity contribution in [3.8, 4) is 0 Å². The molecule has 0 aromatic heterocycles. The summed E-state index contributed by atoms with van der Waals surface area (Å²) in [6.45, 7) is 6.11. The van der Waals surface area contributed by atoms with Crippen LogP contribution in [0.15, 0.2) is 4.99 Å². The van der Waals surface area contributed by atoms with E-state index in [-0.39, 0.29) is 0 Å². The molecule has 0 aromatic rings. The van der Waals surface area contributed by atoms with Crippen LogP contribution in [-0.2, 0) is 9.47 Å². The zero-order valence-electron chi connectivity index (χ0n) is 11.4. The molecule has 0 saturated carbocycles. The van der Waals surface area contributed by atoms with Crippen molar-refractivity contribution in [3.05, 3.63) is 0 Å². The van der Waals surface area contributed by atoms with Crippen molar-refractivity contribution in [1.29, 1.82) is 0 Å². The highest BCUT2D eigenvalue weighted by atomic mass is 16.5. The normalized spacial score (nSPS) is 11.6. The topological polar surface area (TPSA) is 54.9 Å². The van der Waals surface area contributed by atoms with E-state index in [1.165, 1.54) is 0 Å². The van der Waals surface area contributed by atoms with Crippen molar-refractivity contribution in [2.24, 2.45) is 4.99 Å². The molecule has 0 radical (unpaired) electrons. The molecule has 0 aromatic carbocycles. The summed E-state index contributed by atoms with van der Waals surface area (Å²) >= 11 is 0. The summed E-state index contributed by atoms with van der Waals surface area (Å²) in [6.07, 6.45) is 3.37. The van der Waals surface area contributed by atoms with Crippen molar-refractivity contribution in [3.63, 3.8) is 0 Å². The number of ether oxygens (including phenoxy) is 2. The average molecular weight is 245 g/mol. The van der Waals surface area contributed by atoms with Crippen LogP contribution in [0.25, 0.3) is 0 Å². The first-order valence-electron chi connectivity index (χ1n) is 6.35. The molecule has 0 atom stereocenters. The number of nitrogens with zero attached hydrogens (tertiary/aromatic N) is 1. The Labute approximate surface area is 105 Å². The summed E-state index contributed by atoms with van der Waals surface area (Å²) in [6, 6.07) is 0. The maximum atomic E-state index is 5.00. The summed E-state index contributed by atoms with van der Waals surface area (Å²) < 4.78 is 9.98. The number of unbranched alkanes of at least 4 members (excludes halogenated alkanes) is 2. The zero-order valence-corrected chi connectivity index (χ0v) is 11.4. The third kappa shape index (κ3) is 11.5. The first-order chi connectivity index (χ1) is 8.35. The molecule has 0 fully saturated rings. The van der Waals surface area contributed by atoms with E-state index in [0.717, 1.165) is 51.5 Å². The first kappa shape index (κ1) is 16.2. The van der Waals surface area contributed by atoms with E-state index in [1.807, 2.05) is 0 Å². The second-order valence-electron chi connectivity index (χ2n) is 3.73. The number of guanidine groups is 1. The fourth-order valence-corrected chi connectivity index (χ4v) is 1.34. The van der Waals surface area contributed by atoms with Gasteiger partial charge in [-0.25, -0.2) is 0 Å². The van der Waals surface area contributed by atoms with Crippen LogP contribution in [0.3, 0.4) is 0 Å². The van der Waals surface area contributed by atoms with Crippen LogP contribution < -0.4 is 10.6 Å². The SMILES string of the molecule is CCNC(=NCCCCCOC)NCCOC. The van der Waals surface area contributed by atoms with Gasteiger partial charge in [0.2, 0.25) is 0 Å². The molecule has 0 spiro atoms. The van der Waals surface area contributed by atoms with Gasteiger partial charge in [-0.3, -0.25) is 4.99 Å². The van der Waals surface area contributed by atoms with Gasteiger partial charge in [-0.05, 0) is 26.2 Å². The van der Waals surface area contributed by atoms with Crippen molar-refractivity contribution < 1.29 is 9.47 Å². The standard InChI is InChI=1S/C12H27N3O2/c1-4-13-12(15-9-11-17-3)14-8-6-5-7-10-16-2/h4-11H2,1-3H3,(H2,13,14,15). The highest BCUT2D eigenvalue weighted by Gasteiger charge is 1.95. The lowest BCUT2D eigenvalue weighted by atomic mass is 10.2. The molecule has 102 valence electrons. The molecule has 0 aliphatic rings. The third-order valence-corrected chi connectivity index (χ3v) is 2.22. The smallest absolute Gasteiger partial charge is 0.191 e. The average Bonchev–Trinajstić information content (AvgIpc) is 2.34. The van der Waals surface area contributed by atoms with E-state index in [4.69, 9.17) is 9.47 Å². The highest BCUT2D eigenvalue weighted by Crippen LogP contribution is 1.95. The van der Waals surface area contributed by atoms with E-state index in [0.29, 0.717) is 6.61 Å². The van der Waals surface area contributed by atoms with Gasteiger partial charge in [0.1, 0.15) is 0 Å². The van der Waals surface area contributed by atoms with E-state index in [1.54, 1.807) is 14.2 Å². The van der Waals surface area contributed by atoms with Crippen molar-refractivity contribution in [1.82, 2.24) is 10.6 Å². The Hall–Kier alpha value is -0.810. The monoisotopic (exact) mass is 245 g/mol. The lowest BCUT2D eigenvalue weighted by Gasteiger charge is -2.10. The van der Waals surface area contributed by atoms with Crippen LogP contribution in [0.5, 0.6) is 0 Å². The summed E-state index contributed by atoms with van der Waals surface area (Å²) in [4.78, 5) is 4.48. The van der Waals surface area contributed by atoms with Crippen molar-refractivity contribution in [2.45, 2.75) is 26.2 Å². The predicted octanol–water partition coefficient (Wildman–Crippen LogP) is 1.00. The highest BCUT2D eigenvalue weighted by molar-refractivity contribution is 5.79. The Morgan fingerprint density at radius 1 is 1.00 bits per heavy atom. The molecule has 0 heterocycles. The first-order valence-corrected chi connectivity index (χ1v) is 6.35. The van der Waals surface area contributed by atoms with Crippen LogP contribution in [0.2, 0.25) is 0 Å². The zero-order chi connectivity index (χ0) is 12.8. The lowest BCUT2D eigenvalue weighted by molar-refractivity contribution is 0.192. The minimum Gasteiger partial charge on any atom is -0.385 e. The van der Waals surface area contributed by atoms with E-state index in [2.05, 4.69) is 22.5 Å². The summed E-state index contributed by atoms with van der Waals surface area (Å²) in [5.41, 5.74) is 0. The Kier molecular flexibility index (Phi) is 12.6. The third-order valence-electron chi connectivity index (χ3n) is 2.22. The van der Waals surface area contributed by atoms with Crippen LogP contribution >= 0.6 is 0 Å². The van der Waals surface area contributed by atoms with Crippen molar-refractivity contribution >= 4 is 5.96 Å². The van der Waals surface area contributed by atoms with Gasteiger partial charge in [-0.2, -0.15) is 0 Å². The minimum absolute atomic E-state index is 0.693. The van der Waals surface area contributed by atoms with E-state index < -0.39 is 0 Å². The molecule has 0 bridgehead atoms. The number of rotatable bonds is 10. The molecule has 5 nitrogen and oxygen atoms in total. The molecule has 17 heavy (non-hydrogen) atoms. The fraction of sp³-hybridized carbons (Fsp3) is 0.917. The van der Waals surface area contributed by atoms with Gasteiger partial charge >= 0.3 is 0 Å². The summed E-state index contributed by atoms with van der Waals surface area (Å²) in [5.74, 6) is 0.872. The Bertz CT molecular complexity index is 187. The second-order valence-corrected chi connectivity index (χ2v) is 3.73. The summed E-state index contributed by atoms with van der Waals surface area (Å²) in [5, 5.41) is 6.42. The molecule has 5 heteroatoms. The summed E-state index contributed by atoms with van der Waals surface area (Å²) in [7, 11) is 3.43. The number of hydrogen-bond acceptors (Lipinski definition) is 3. The molecule has 0 saturated heterocycles. The van der Waals surface area contributed by atoms with Gasteiger partial charge in [0.15, 0.2) is 5.96 Å². The maximum absolute atomic E-state index is 5.00. The molecule has 0 unspecified atom stereocenters. The number of nitrogens with one attached hydrogen (secondary N) is 2. The number of aliphatic imine (C=N–C) groups is 1. The van der Waals surface area contributed by atoms with Crippen LogP contribution in [-0.4, -0.2) is 53.0 Å². The van der Waals surface area contributed by atoms with Crippen LogP contribution in [0.4, 0.5) is 0 Å². The molecule has 0 aliphatic heterocycles. The van der Waals surface area contributed by atoms with Gasteiger partial charge in [-0.1, -0.05) is 0 Å². The Morgan fingerprint density at radius 3 is 2.41 bits per heavy atom. The Morgan fingerprint density at radius 2 is 1.76 bits per heavy atom. The largest absolute Gasteiger partial charge is 0.385 e. The van der Waals surface area contributed by atoms with Crippen LogP contribution in [0, 0.1) is 0 Å². The second kappa shape index (κ2) is 13.3. The van der Waals surface area contributed by atoms with E-state index >= 15 is 0 Å². The molecular weight excluding hydrogens is 218 g/mol. The molecule has 0 aliphatic carbocycles. The molecule has 0 rings (SSSR count). The number of hydrogen-bond donors (Lipinski definition) is 2. The van der Waals surface area contributed by atoms with E-state index in [9.17, 15) is 0 Å². The lowest BCUT2D eigenvalue weighted by Crippen LogP contribution is -2.39. The minimum atomic E-state index is 0.693. The van der Waals surface area contributed by atoms with Gasteiger partial charge in [0.05, 0.1) is 6.61 Å². The van der Waals surface area contributed by atoms with Gasteiger partial charge in [0, 0.05) is 40.5 Å². The molecular formula is C12H27N3O2. The van der Waals surface area contributed by atoms with Gasteiger partial charge in [0.25, 0.3) is 0 Å². The van der Waals surface area contributed by atoms with Gasteiger partial charge in [-0.15, -0.1) is 0 Å². The van der Waals surface area contributed by atoms with Crippen LogP contribution in [0.1, 0.15) is 26.2 Å². The molecule has 0 amide bonds.